The van der Waals surface area contributed by atoms with Crippen LogP contribution >= 0.6 is 24.0 Å². The Morgan fingerprint density at radius 3 is 2.29 bits per heavy atom. The van der Waals surface area contributed by atoms with Crippen molar-refractivity contribution >= 4 is 35.6 Å². The third kappa shape index (κ3) is 5.59. The summed E-state index contributed by atoms with van der Waals surface area (Å²) in [4.78, 5) is 11.5. The molecule has 1 aliphatic rings. The van der Waals surface area contributed by atoms with Crippen LogP contribution in [0.25, 0.3) is 0 Å². The van der Waals surface area contributed by atoms with Crippen molar-refractivity contribution in [3.63, 3.8) is 0 Å². The third-order valence-corrected chi connectivity index (χ3v) is 5.20. The number of benzene rings is 1. The number of halogens is 5. The van der Waals surface area contributed by atoms with Crippen LogP contribution in [0.15, 0.2) is 41.7 Å². The molecule has 0 radical (unpaired) electrons. The van der Waals surface area contributed by atoms with Gasteiger partial charge in [0.1, 0.15) is 11.6 Å². The van der Waals surface area contributed by atoms with E-state index in [-0.39, 0.29) is 42.3 Å². The fraction of sp³-hybridized carbons (Fsp3) is 0.474. The van der Waals surface area contributed by atoms with Gasteiger partial charge in [-0.05, 0) is 24.3 Å². The molecule has 1 aliphatic heterocycles. The molecule has 1 aromatic heterocycles. The molecule has 1 fully saturated rings. The predicted octanol–water partition coefficient (Wildman–Crippen LogP) is 2.45. The molecule has 172 valence electrons. The van der Waals surface area contributed by atoms with Crippen LogP contribution in [-0.4, -0.2) is 64.4 Å². The maximum absolute atomic E-state index is 13.5. The number of piperazine rings is 1. The number of imidazole rings is 1. The molecule has 0 spiro atoms. The topological polar surface area (TPSA) is 82.9 Å². The van der Waals surface area contributed by atoms with Gasteiger partial charge in [0.2, 0.25) is 5.60 Å². The van der Waals surface area contributed by atoms with Crippen molar-refractivity contribution < 1.29 is 22.7 Å². The van der Waals surface area contributed by atoms with Crippen LogP contribution in [0.2, 0.25) is 0 Å². The zero-order valence-corrected chi connectivity index (χ0v) is 19.2. The lowest BCUT2D eigenvalue weighted by atomic mass is 9.98. The molecule has 1 aromatic carbocycles. The van der Waals surface area contributed by atoms with Crippen LogP contribution in [0, 0.1) is 5.82 Å². The number of hydrogen-bond acceptors (Lipinski definition) is 4. The summed E-state index contributed by atoms with van der Waals surface area (Å²) >= 11 is 0. The first-order chi connectivity index (χ1) is 14.1. The maximum Gasteiger partial charge on any atom is 0.424 e. The Balaban J connectivity index is 0.00000341. The first-order valence-electron chi connectivity index (χ1n) is 9.44. The highest BCUT2D eigenvalue weighted by Gasteiger charge is 2.57. The predicted molar refractivity (Wildman–Crippen MR) is 120 cm³/mol. The summed E-state index contributed by atoms with van der Waals surface area (Å²) in [6.07, 6.45) is -3.07. The van der Waals surface area contributed by atoms with Crippen LogP contribution < -0.4 is 10.6 Å². The summed E-state index contributed by atoms with van der Waals surface area (Å²) in [7, 11) is 1.39. The number of aryl methyl sites for hydroxylation is 1. The van der Waals surface area contributed by atoms with Gasteiger partial charge in [-0.15, -0.1) is 24.0 Å². The number of hydrogen-bond donors (Lipinski definition) is 2. The van der Waals surface area contributed by atoms with Gasteiger partial charge < -0.3 is 25.2 Å². The molecule has 0 bridgehead atoms. The number of aliphatic hydroxyl groups is 1. The molecule has 3 N–H and O–H groups in total. The molecule has 0 saturated carbocycles. The second kappa shape index (κ2) is 10.0. The smallest absolute Gasteiger partial charge is 0.374 e. The summed E-state index contributed by atoms with van der Waals surface area (Å²) < 4.78 is 54.8. The number of aliphatic imine (C=N–C) groups is 1. The fourth-order valence-corrected chi connectivity index (χ4v) is 3.42. The molecule has 0 amide bonds. The zero-order chi connectivity index (χ0) is 21.9. The second-order valence-corrected chi connectivity index (χ2v) is 7.16. The summed E-state index contributed by atoms with van der Waals surface area (Å²) in [6.45, 7) is 1.96. The monoisotopic (exact) mass is 556 g/mol. The first kappa shape index (κ1) is 25.2. The Hall–Kier alpha value is -2.09. The lowest BCUT2D eigenvalue weighted by molar-refractivity contribution is -0.272. The van der Waals surface area contributed by atoms with E-state index in [4.69, 9.17) is 5.73 Å². The van der Waals surface area contributed by atoms with Crippen LogP contribution in [0.5, 0.6) is 0 Å². The highest BCUT2D eigenvalue weighted by atomic mass is 127. The van der Waals surface area contributed by atoms with Gasteiger partial charge in [-0.3, -0.25) is 4.99 Å². The molecular formula is C19H25F4IN6O. The van der Waals surface area contributed by atoms with Gasteiger partial charge in [-0.1, -0.05) is 0 Å². The van der Waals surface area contributed by atoms with Crippen molar-refractivity contribution in [2.75, 3.05) is 37.6 Å². The van der Waals surface area contributed by atoms with Gasteiger partial charge >= 0.3 is 6.18 Å². The number of aromatic nitrogens is 2. The Morgan fingerprint density at radius 2 is 1.77 bits per heavy atom. The number of nitrogens with zero attached hydrogens (tertiary/aromatic N) is 5. The van der Waals surface area contributed by atoms with Crippen molar-refractivity contribution in [2.45, 2.75) is 18.2 Å². The normalized spacial score (nSPS) is 17.3. The Bertz CT molecular complexity index is 880. The Labute approximate surface area is 194 Å². The molecule has 1 saturated heterocycles. The van der Waals surface area contributed by atoms with E-state index in [2.05, 4.69) is 14.9 Å². The van der Waals surface area contributed by atoms with Gasteiger partial charge in [-0.25, -0.2) is 9.37 Å². The SMILES string of the molecule is Cn1ccnc1C(O)(CCN=C(N)N1CCN(c2ccc(F)cc2)CC1)C(F)(F)F.I. The summed E-state index contributed by atoms with van der Waals surface area (Å²) in [6, 6.07) is 6.16. The fourth-order valence-electron chi connectivity index (χ4n) is 3.42. The van der Waals surface area contributed by atoms with Gasteiger partial charge in [0, 0.05) is 64.3 Å². The number of alkyl halides is 3. The summed E-state index contributed by atoms with van der Waals surface area (Å²) in [5.74, 6) is -0.673. The number of anilines is 1. The minimum atomic E-state index is -4.91. The summed E-state index contributed by atoms with van der Waals surface area (Å²) in [5, 5.41) is 10.3. The van der Waals surface area contributed by atoms with Gasteiger partial charge in [0.25, 0.3) is 0 Å². The molecule has 7 nitrogen and oxygen atoms in total. The van der Waals surface area contributed by atoms with Crippen molar-refractivity contribution in [3.8, 4) is 0 Å². The van der Waals surface area contributed by atoms with E-state index in [1.807, 2.05) is 0 Å². The van der Waals surface area contributed by atoms with Crippen molar-refractivity contribution in [1.29, 1.82) is 0 Å². The van der Waals surface area contributed by atoms with E-state index in [0.29, 0.717) is 26.2 Å². The van der Waals surface area contributed by atoms with E-state index in [1.165, 1.54) is 31.6 Å². The molecule has 1 atom stereocenters. The van der Waals surface area contributed by atoms with Crippen molar-refractivity contribution in [3.05, 3.63) is 48.3 Å². The van der Waals surface area contributed by atoms with Crippen LogP contribution in [-0.2, 0) is 12.6 Å². The lowest BCUT2D eigenvalue weighted by Crippen LogP contribution is -2.51. The minimum absolute atomic E-state index is 0. The molecule has 2 aromatic rings. The van der Waals surface area contributed by atoms with E-state index in [1.54, 1.807) is 17.0 Å². The summed E-state index contributed by atoms with van der Waals surface area (Å²) in [5.41, 5.74) is 3.73. The van der Waals surface area contributed by atoms with E-state index in [9.17, 15) is 22.7 Å². The number of guanidine groups is 1. The average molecular weight is 556 g/mol. The van der Waals surface area contributed by atoms with Crippen molar-refractivity contribution in [1.82, 2.24) is 14.5 Å². The Kier molecular flexibility index (Phi) is 8.14. The van der Waals surface area contributed by atoms with E-state index in [0.717, 1.165) is 10.3 Å². The van der Waals surface area contributed by atoms with Gasteiger partial charge in [0.15, 0.2) is 5.96 Å². The van der Waals surface area contributed by atoms with Crippen LogP contribution in [0.4, 0.5) is 23.2 Å². The minimum Gasteiger partial charge on any atom is -0.374 e. The number of nitrogens with two attached hydrogens (primary N) is 1. The lowest BCUT2D eigenvalue weighted by Gasteiger charge is -2.36. The average Bonchev–Trinajstić information content (AvgIpc) is 3.14. The van der Waals surface area contributed by atoms with Gasteiger partial charge in [-0.2, -0.15) is 13.2 Å². The molecular weight excluding hydrogens is 531 g/mol. The molecule has 3 rings (SSSR count). The number of rotatable bonds is 5. The van der Waals surface area contributed by atoms with E-state index < -0.39 is 24.0 Å². The van der Waals surface area contributed by atoms with Crippen LogP contribution in [0.3, 0.4) is 0 Å². The Morgan fingerprint density at radius 1 is 1.16 bits per heavy atom. The largest absolute Gasteiger partial charge is 0.424 e. The third-order valence-electron chi connectivity index (χ3n) is 5.20. The first-order valence-corrected chi connectivity index (χ1v) is 9.44. The molecule has 0 aliphatic carbocycles. The maximum atomic E-state index is 13.5. The molecule has 1 unspecified atom stereocenters. The highest BCUT2D eigenvalue weighted by Crippen LogP contribution is 2.40. The van der Waals surface area contributed by atoms with Gasteiger partial charge in [0.05, 0.1) is 0 Å². The molecule has 2 heterocycles. The molecule has 12 heteroatoms. The quantitative estimate of drug-likeness (QED) is 0.256. The van der Waals surface area contributed by atoms with Crippen LogP contribution in [0.1, 0.15) is 12.2 Å². The zero-order valence-electron chi connectivity index (χ0n) is 16.9. The standard InChI is InChI=1S/C19H24F4N6O.HI/c1-27-9-8-25-16(27)18(30,19(21,22)23)6-7-26-17(24)29-12-10-28(11-13-29)15-4-2-14(20)3-5-15;/h2-5,8-9,30H,6-7,10-13H2,1H3,(H2,24,26);1H. The van der Waals surface area contributed by atoms with E-state index >= 15 is 0 Å². The van der Waals surface area contributed by atoms with Crippen molar-refractivity contribution in [2.24, 2.45) is 17.8 Å². The second-order valence-electron chi connectivity index (χ2n) is 7.16. The highest BCUT2D eigenvalue weighted by molar-refractivity contribution is 14.0. The molecule has 31 heavy (non-hydrogen) atoms.